The molecule has 1 saturated heterocycles. The summed E-state index contributed by atoms with van der Waals surface area (Å²) in [6, 6.07) is 0. The van der Waals surface area contributed by atoms with Crippen LogP contribution in [0.3, 0.4) is 0 Å². The Morgan fingerprint density at radius 3 is 2.54 bits per heavy atom. The van der Waals surface area contributed by atoms with E-state index in [1.165, 1.54) is 0 Å². The Hall–Kier alpha value is -0.610. The van der Waals surface area contributed by atoms with E-state index in [-0.39, 0.29) is 5.97 Å². The highest BCUT2D eigenvalue weighted by molar-refractivity contribution is 5.71. The molecule has 0 bridgehead atoms. The highest BCUT2D eigenvalue weighted by Gasteiger charge is 2.16. The van der Waals surface area contributed by atoms with Gasteiger partial charge in [0.15, 0.2) is 0 Å². The molecular formula is C9H17N2O2. The summed E-state index contributed by atoms with van der Waals surface area (Å²) in [5.41, 5.74) is 0. The number of nitrogens with zero attached hydrogens (tertiary/aromatic N) is 2. The van der Waals surface area contributed by atoms with Gasteiger partial charge in [-0.05, 0) is 6.92 Å². The van der Waals surface area contributed by atoms with Crippen LogP contribution in [0.4, 0.5) is 0 Å². The lowest BCUT2D eigenvalue weighted by Crippen LogP contribution is -2.45. The third-order valence-corrected chi connectivity index (χ3v) is 2.12. The molecule has 1 radical (unpaired) electrons. The van der Waals surface area contributed by atoms with E-state index in [0.717, 1.165) is 26.2 Å². The third-order valence-electron chi connectivity index (χ3n) is 2.12. The van der Waals surface area contributed by atoms with E-state index in [9.17, 15) is 4.79 Å². The Morgan fingerprint density at radius 1 is 1.38 bits per heavy atom. The summed E-state index contributed by atoms with van der Waals surface area (Å²) in [5.74, 6) is -0.125. The zero-order valence-corrected chi connectivity index (χ0v) is 8.16. The van der Waals surface area contributed by atoms with Crippen LogP contribution >= 0.6 is 0 Å². The van der Waals surface area contributed by atoms with Crippen LogP contribution in [0.1, 0.15) is 6.92 Å². The van der Waals surface area contributed by atoms with Gasteiger partial charge in [0.2, 0.25) is 0 Å². The first-order valence-electron chi connectivity index (χ1n) is 4.65. The molecule has 1 fully saturated rings. The maximum Gasteiger partial charge on any atom is 0.320 e. The molecule has 0 N–H and O–H groups in total. The fourth-order valence-electron chi connectivity index (χ4n) is 1.34. The zero-order valence-electron chi connectivity index (χ0n) is 8.16. The maximum absolute atomic E-state index is 11.1. The second-order valence-electron chi connectivity index (χ2n) is 3.20. The van der Waals surface area contributed by atoms with Crippen molar-refractivity contribution in [2.75, 3.05) is 39.3 Å². The van der Waals surface area contributed by atoms with Crippen molar-refractivity contribution in [2.24, 2.45) is 0 Å². The molecule has 0 aromatic heterocycles. The number of carbonyl (C=O) groups excluding carboxylic acids is 1. The summed E-state index contributed by atoms with van der Waals surface area (Å²) in [4.78, 5) is 15.2. The Kier molecular flexibility index (Phi) is 4.18. The normalized spacial score (nSPS) is 20.2. The lowest BCUT2D eigenvalue weighted by atomic mass is 10.3. The average Bonchev–Trinajstić information content (AvgIpc) is 2.09. The van der Waals surface area contributed by atoms with Gasteiger partial charge in [-0.1, -0.05) is 0 Å². The minimum atomic E-state index is -0.125. The van der Waals surface area contributed by atoms with Crippen molar-refractivity contribution in [1.29, 1.82) is 0 Å². The number of ether oxygens (including phenoxy) is 1. The molecule has 0 saturated carbocycles. The largest absolute Gasteiger partial charge is 0.465 e. The molecule has 4 nitrogen and oxygen atoms in total. The van der Waals surface area contributed by atoms with Crippen molar-refractivity contribution in [3.05, 3.63) is 7.05 Å². The van der Waals surface area contributed by atoms with Crippen molar-refractivity contribution in [3.63, 3.8) is 0 Å². The first kappa shape index (κ1) is 10.5. The van der Waals surface area contributed by atoms with Gasteiger partial charge in [0.05, 0.1) is 13.2 Å². The third kappa shape index (κ3) is 3.74. The van der Waals surface area contributed by atoms with Crippen molar-refractivity contribution >= 4 is 5.97 Å². The number of esters is 1. The van der Waals surface area contributed by atoms with E-state index in [1.54, 1.807) is 0 Å². The molecule has 1 aliphatic heterocycles. The lowest BCUT2D eigenvalue weighted by molar-refractivity contribution is -0.144. The van der Waals surface area contributed by atoms with Gasteiger partial charge in [-0.3, -0.25) is 14.6 Å². The predicted octanol–water partition coefficient (Wildman–Crippen LogP) is -0.0413. The molecule has 0 atom stereocenters. The van der Waals surface area contributed by atoms with Gasteiger partial charge in [0.25, 0.3) is 0 Å². The smallest absolute Gasteiger partial charge is 0.320 e. The molecule has 1 heterocycles. The maximum atomic E-state index is 11.1. The molecule has 0 aromatic rings. The van der Waals surface area contributed by atoms with Gasteiger partial charge in [-0.2, -0.15) is 0 Å². The van der Waals surface area contributed by atoms with Crippen LogP contribution in [0, 0.1) is 7.05 Å². The Balaban J connectivity index is 2.18. The van der Waals surface area contributed by atoms with Gasteiger partial charge in [0.1, 0.15) is 0 Å². The summed E-state index contributed by atoms with van der Waals surface area (Å²) >= 11 is 0. The van der Waals surface area contributed by atoms with Gasteiger partial charge < -0.3 is 4.74 Å². The molecule has 0 aromatic carbocycles. The first-order chi connectivity index (χ1) is 6.22. The quantitative estimate of drug-likeness (QED) is 0.578. The predicted molar refractivity (Wildman–Crippen MR) is 50.0 cm³/mol. The number of rotatable bonds is 3. The van der Waals surface area contributed by atoms with Crippen LogP contribution in [-0.2, 0) is 9.53 Å². The summed E-state index contributed by atoms with van der Waals surface area (Å²) < 4.78 is 4.86. The second-order valence-corrected chi connectivity index (χ2v) is 3.20. The van der Waals surface area contributed by atoms with E-state index in [1.807, 2.05) is 11.8 Å². The second kappa shape index (κ2) is 5.19. The van der Waals surface area contributed by atoms with Gasteiger partial charge in [-0.15, -0.1) is 0 Å². The lowest BCUT2D eigenvalue weighted by Gasteiger charge is -2.31. The molecule has 0 spiro atoms. The molecule has 0 unspecified atom stereocenters. The minimum Gasteiger partial charge on any atom is -0.465 e. The van der Waals surface area contributed by atoms with E-state index >= 15 is 0 Å². The van der Waals surface area contributed by atoms with E-state index in [4.69, 9.17) is 4.74 Å². The fraction of sp³-hybridized carbons (Fsp3) is 0.778. The molecule has 75 valence electrons. The SMILES string of the molecule is [CH2]N1CCN(CC(=O)OCC)CC1. The van der Waals surface area contributed by atoms with E-state index < -0.39 is 0 Å². The van der Waals surface area contributed by atoms with Gasteiger partial charge in [-0.25, -0.2) is 0 Å². The minimum absolute atomic E-state index is 0.125. The van der Waals surface area contributed by atoms with Gasteiger partial charge >= 0.3 is 5.97 Å². The van der Waals surface area contributed by atoms with Crippen molar-refractivity contribution in [3.8, 4) is 0 Å². The fourth-order valence-corrected chi connectivity index (χ4v) is 1.34. The van der Waals surface area contributed by atoms with E-state index in [0.29, 0.717) is 13.2 Å². The number of piperazine rings is 1. The van der Waals surface area contributed by atoms with E-state index in [2.05, 4.69) is 11.9 Å². The molecule has 13 heavy (non-hydrogen) atoms. The average molecular weight is 185 g/mol. The highest BCUT2D eigenvalue weighted by atomic mass is 16.5. The standard InChI is InChI=1S/C9H17N2O2/c1-3-13-9(12)8-11-6-4-10(2)5-7-11/h2-8H2,1H3. The zero-order chi connectivity index (χ0) is 9.68. The van der Waals surface area contributed by atoms with Crippen molar-refractivity contribution in [2.45, 2.75) is 6.92 Å². The van der Waals surface area contributed by atoms with Crippen LogP contribution < -0.4 is 0 Å². The van der Waals surface area contributed by atoms with Crippen molar-refractivity contribution < 1.29 is 9.53 Å². The summed E-state index contributed by atoms with van der Waals surface area (Å²) in [6.07, 6.45) is 0. The van der Waals surface area contributed by atoms with Crippen LogP contribution in [0.2, 0.25) is 0 Å². The molecule has 4 heteroatoms. The number of hydrogen-bond acceptors (Lipinski definition) is 4. The number of carbonyl (C=O) groups is 1. The summed E-state index contributed by atoms with van der Waals surface area (Å²) in [6.45, 7) is 6.38. The molecule has 1 rings (SSSR count). The van der Waals surface area contributed by atoms with Gasteiger partial charge in [0, 0.05) is 33.2 Å². The summed E-state index contributed by atoms with van der Waals surface area (Å²) in [5, 5.41) is 0. The molecular weight excluding hydrogens is 168 g/mol. The Morgan fingerprint density at radius 2 is 2.00 bits per heavy atom. The van der Waals surface area contributed by atoms with Crippen LogP contribution in [-0.4, -0.2) is 55.1 Å². The molecule has 0 aliphatic carbocycles. The molecule has 1 aliphatic rings. The summed E-state index contributed by atoms with van der Waals surface area (Å²) in [7, 11) is 3.84. The highest BCUT2D eigenvalue weighted by Crippen LogP contribution is 1.99. The van der Waals surface area contributed by atoms with Crippen LogP contribution in [0.5, 0.6) is 0 Å². The van der Waals surface area contributed by atoms with Crippen molar-refractivity contribution in [1.82, 2.24) is 9.80 Å². The molecule has 0 amide bonds. The monoisotopic (exact) mass is 185 g/mol. The Labute approximate surface area is 79.4 Å². The number of hydrogen-bond donors (Lipinski definition) is 0. The first-order valence-corrected chi connectivity index (χ1v) is 4.65. The Bertz CT molecular complexity index is 165. The van der Waals surface area contributed by atoms with Crippen LogP contribution in [0.25, 0.3) is 0 Å². The topological polar surface area (TPSA) is 32.8 Å². The van der Waals surface area contributed by atoms with Crippen LogP contribution in [0.15, 0.2) is 0 Å².